The van der Waals surface area contributed by atoms with E-state index in [1.165, 1.54) is 18.1 Å². The molecule has 7 nitrogen and oxygen atoms in total. The highest BCUT2D eigenvalue weighted by Gasteiger charge is 2.56. The zero-order valence-electron chi connectivity index (χ0n) is 19.5. The van der Waals surface area contributed by atoms with Crippen LogP contribution in [0.3, 0.4) is 0 Å². The minimum absolute atomic E-state index is 0.0679. The average molecular weight is 462 g/mol. The number of benzene rings is 1. The zero-order valence-corrected chi connectivity index (χ0v) is 19.5. The van der Waals surface area contributed by atoms with Gasteiger partial charge in [-0.1, -0.05) is 24.6 Å². The van der Waals surface area contributed by atoms with E-state index in [0.29, 0.717) is 47.4 Å². The maximum Gasteiger partial charge on any atom is 0.233 e. The first-order chi connectivity index (χ1) is 16.3. The lowest BCUT2D eigenvalue weighted by Gasteiger charge is -2.42. The molecule has 34 heavy (non-hydrogen) atoms. The molecule has 0 spiro atoms. The molecule has 0 aromatic heterocycles. The molecule has 1 saturated heterocycles. The third kappa shape index (κ3) is 3.10. The predicted octanol–water partition coefficient (Wildman–Crippen LogP) is 3.24. The monoisotopic (exact) mass is 461 g/mol. The number of Topliss-reactive ketones (excluding diaryl/α,β-unsaturated/α-hetero) is 1. The van der Waals surface area contributed by atoms with Crippen molar-refractivity contribution in [2.75, 3.05) is 13.7 Å². The van der Waals surface area contributed by atoms with Crippen molar-refractivity contribution in [2.45, 2.75) is 39.0 Å². The first kappa shape index (κ1) is 22.3. The van der Waals surface area contributed by atoms with Crippen LogP contribution in [0.15, 0.2) is 52.6 Å². The Hall–Kier alpha value is -3.48. The smallest absolute Gasteiger partial charge is 0.233 e. The van der Waals surface area contributed by atoms with Crippen molar-refractivity contribution in [2.24, 2.45) is 17.8 Å². The highest BCUT2D eigenvalue weighted by molar-refractivity contribution is 6.23. The van der Waals surface area contributed by atoms with E-state index >= 15 is 0 Å². The van der Waals surface area contributed by atoms with E-state index < -0.39 is 17.8 Å². The number of methoxy groups -OCH3 is 1. The Bertz CT molecular complexity index is 1240. The molecule has 176 valence electrons. The topological polar surface area (TPSA) is 101 Å². The summed E-state index contributed by atoms with van der Waals surface area (Å²) in [5.41, 5.74) is 2.73. The molecule has 1 heterocycles. The van der Waals surface area contributed by atoms with Crippen molar-refractivity contribution < 1.29 is 29.0 Å². The Morgan fingerprint density at radius 3 is 2.56 bits per heavy atom. The summed E-state index contributed by atoms with van der Waals surface area (Å²) in [4.78, 5) is 54.1. The van der Waals surface area contributed by atoms with Crippen LogP contribution in [-0.4, -0.2) is 47.0 Å². The van der Waals surface area contributed by atoms with Crippen molar-refractivity contribution in [1.82, 2.24) is 4.90 Å². The molecular formula is C27H27NO6. The van der Waals surface area contributed by atoms with Gasteiger partial charge >= 0.3 is 0 Å². The number of ether oxygens (including phenoxy) is 1. The number of rotatable bonds is 4. The number of imide groups is 1. The van der Waals surface area contributed by atoms with E-state index in [1.807, 2.05) is 13.0 Å². The number of hydrogen-bond acceptors (Lipinski definition) is 6. The molecule has 1 aromatic carbocycles. The summed E-state index contributed by atoms with van der Waals surface area (Å²) in [6.45, 7) is 3.94. The van der Waals surface area contributed by atoms with Crippen molar-refractivity contribution in [1.29, 1.82) is 0 Å². The van der Waals surface area contributed by atoms with E-state index in [-0.39, 0.29) is 41.5 Å². The first-order valence-electron chi connectivity index (χ1n) is 11.7. The molecule has 5 rings (SSSR count). The summed E-state index contributed by atoms with van der Waals surface area (Å²) in [7, 11) is 1.46. The van der Waals surface area contributed by atoms with Gasteiger partial charge in [-0.3, -0.25) is 24.1 Å². The summed E-state index contributed by atoms with van der Waals surface area (Å²) < 4.78 is 5.18. The number of aromatic hydroxyl groups is 1. The molecule has 4 atom stereocenters. The normalized spacial score (nSPS) is 28.4. The van der Waals surface area contributed by atoms with Gasteiger partial charge in [0.1, 0.15) is 0 Å². The van der Waals surface area contributed by atoms with Crippen LogP contribution in [0.5, 0.6) is 11.5 Å². The predicted molar refractivity (Wildman–Crippen MR) is 123 cm³/mol. The largest absolute Gasteiger partial charge is 0.504 e. The third-order valence-electron chi connectivity index (χ3n) is 7.64. The maximum absolute atomic E-state index is 13.4. The molecule has 1 aliphatic heterocycles. The van der Waals surface area contributed by atoms with Crippen molar-refractivity contribution >= 4 is 23.4 Å². The quantitative estimate of drug-likeness (QED) is 0.420. The first-order valence-corrected chi connectivity index (χ1v) is 11.7. The highest BCUT2D eigenvalue weighted by Crippen LogP contribution is 2.55. The van der Waals surface area contributed by atoms with E-state index in [4.69, 9.17) is 4.74 Å². The van der Waals surface area contributed by atoms with Gasteiger partial charge in [-0.25, -0.2) is 0 Å². The molecule has 0 bridgehead atoms. The fraction of sp³-hybridized carbons (Fsp3) is 0.407. The van der Waals surface area contributed by atoms with E-state index in [0.717, 1.165) is 5.57 Å². The second-order valence-corrected chi connectivity index (χ2v) is 9.49. The number of ketones is 2. The Balaban J connectivity index is 1.67. The molecule has 2 amide bonds. The Morgan fingerprint density at radius 2 is 1.88 bits per heavy atom. The van der Waals surface area contributed by atoms with Crippen LogP contribution in [0, 0.1) is 17.8 Å². The van der Waals surface area contributed by atoms with Gasteiger partial charge in [0.05, 0.1) is 18.9 Å². The summed E-state index contributed by atoms with van der Waals surface area (Å²) in [6.07, 6.45) is 4.70. The number of phenols is 1. The van der Waals surface area contributed by atoms with Gasteiger partial charge < -0.3 is 9.84 Å². The van der Waals surface area contributed by atoms with Gasteiger partial charge in [0.25, 0.3) is 0 Å². The number of hydrogen-bond donors (Lipinski definition) is 1. The molecule has 4 aliphatic rings. The van der Waals surface area contributed by atoms with Gasteiger partial charge in [-0.15, -0.1) is 0 Å². The number of likely N-dealkylation sites (tertiary alicyclic amines) is 1. The summed E-state index contributed by atoms with van der Waals surface area (Å²) in [6, 6.07) is 4.96. The molecular weight excluding hydrogens is 434 g/mol. The number of carbonyl (C=O) groups is 4. The number of allylic oxidation sites excluding steroid dienone is 6. The molecule has 7 heteroatoms. The van der Waals surface area contributed by atoms with E-state index in [1.54, 1.807) is 25.1 Å². The number of phenolic OH excluding ortho intramolecular Hbond substituents is 1. The Labute approximate surface area is 197 Å². The molecule has 1 fully saturated rings. The third-order valence-corrected chi connectivity index (χ3v) is 7.64. The standard InChI is InChI=1S/C27H27NO6/c1-4-9-28-26(32)16-7-6-15-17(23(16)27(28)33)12-18-19(29)10-13(2)25(31)24(18)22(15)14-5-8-21(34-3)20(30)11-14/h5-6,8,10-11,16-17,22-23,30H,4,7,9,12H2,1-3H3/t16-,17+,22-,23-/m0/s1. The second-order valence-electron chi connectivity index (χ2n) is 9.49. The molecule has 1 N–H and O–H groups in total. The van der Waals surface area contributed by atoms with Crippen LogP contribution in [0.1, 0.15) is 44.6 Å². The van der Waals surface area contributed by atoms with Gasteiger partial charge in [0, 0.05) is 29.2 Å². The lowest BCUT2D eigenvalue weighted by Crippen LogP contribution is -2.39. The van der Waals surface area contributed by atoms with Crippen LogP contribution >= 0.6 is 0 Å². The average Bonchev–Trinajstić information content (AvgIpc) is 3.06. The number of amides is 2. The summed E-state index contributed by atoms with van der Waals surface area (Å²) in [5.74, 6) is -2.43. The Kier molecular flexibility index (Phi) is 5.30. The van der Waals surface area contributed by atoms with Gasteiger partial charge in [0.15, 0.2) is 23.1 Å². The molecule has 3 aliphatic carbocycles. The molecule has 1 aromatic rings. The van der Waals surface area contributed by atoms with E-state index in [9.17, 15) is 24.3 Å². The second kappa shape index (κ2) is 8.08. The molecule has 0 unspecified atom stereocenters. The number of fused-ring (bicyclic) bond motifs is 3. The van der Waals surface area contributed by atoms with Gasteiger partial charge in [-0.2, -0.15) is 0 Å². The van der Waals surface area contributed by atoms with E-state index in [2.05, 4.69) is 0 Å². The van der Waals surface area contributed by atoms with Crippen molar-refractivity contribution in [3.63, 3.8) is 0 Å². The van der Waals surface area contributed by atoms with Crippen LogP contribution in [0.25, 0.3) is 0 Å². The SMILES string of the molecule is CCCN1C(=O)[C@H]2[C@H](CC=C3[C@H](c4ccc(OC)c(O)c4)C4=C(C[C@H]32)C(=O)C=C(C)C4=O)C1=O. The van der Waals surface area contributed by atoms with Crippen LogP contribution in [0.2, 0.25) is 0 Å². The van der Waals surface area contributed by atoms with Crippen LogP contribution in [0.4, 0.5) is 0 Å². The number of nitrogens with zero attached hydrogens (tertiary/aromatic N) is 1. The fourth-order valence-corrected chi connectivity index (χ4v) is 6.14. The fourth-order valence-electron chi connectivity index (χ4n) is 6.14. The summed E-state index contributed by atoms with van der Waals surface area (Å²) >= 11 is 0. The number of carbonyl (C=O) groups excluding carboxylic acids is 4. The summed E-state index contributed by atoms with van der Waals surface area (Å²) in [5, 5.41) is 10.5. The molecule has 0 radical (unpaired) electrons. The van der Waals surface area contributed by atoms with Crippen LogP contribution < -0.4 is 4.74 Å². The van der Waals surface area contributed by atoms with Crippen molar-refractivity contribution in [3.8, 4) is 11.5 Å². The maximum atomic E-state index is 13.4. The molecule has 0 saturated carbocycles. The highest BCUT2D eigenvalue weighted by atomic mass is 16.5. The van der Waals surface area contributed by atoms with Crippen LogP contribution in [-0.2, 0) is 19.2 Å². The van der Waals surface area contributed by atoms with Crippen molar-refractivity contribution in [3.05, 3.63) is 58.2 Å². The minimum Gasteiger partial charge on any atom is -0.504 e. The lowest BCUT2D eigenvalue weighted by atomic mass is 9.59. The van der Waals surface area contributed by atoms with Gasteiger partial charge in [-0.05, 0) is 55.9 Å². The Morgan fingerprint density at radius 1 is 1.12 bits per heavy atom. The zero-order chi connectivity index (χ0) is 24.3. The lowest BCUT2D eigenvalue weighted by molar-refractivity contribution is -0.140. The minimum atomic E-state index is -0.574. The van der Waals surface area contributed by atoms with Gasteiger partial charge in [0.2, 0.25) is 11.8 Å².